The van der Waals surface area contributed by atoms with Crippen LogP contribution in [0.15, 0.2) is 36.8 Å². The molecule has 0 saturated carbocycles. The van der Waals surface area contributed by atoms with E-state index in [0.29, 0.717) is 62.2 Å². The molecule has 10 heteroatoms. The average Bonchev–Trinajstić information content (AvgIpc) is 3.45. The summed E-state index contributed by atoms with van der Waals surface area (Å²) >= 11 is 0. The van der Waals surface area contributed by atoms with Gasteiger partial charge in [-0.15, -0.1) is 0 Å². The van der Waals surface area contributed by atoms with Crippen LogP contribution in [-0.2, 0) is 9.53 Å². The first kappa shape index (κ1) is 18.6. The number of carbonyl (C=O) groups is 1. The minimum atomic E-state index is -0.947. The number of amides is 1. The quantitative estimate of drug-likeness (QED) is 0.652. The Balaban J connectivity index is 1.32. The molecular weight excluding hydrogens is 401 g/mol. The zero-order valence-corrected chi connectivity index (χ0v) is 16.8. The summed E-state index contributed by atoms with van der Waals surface area (Å²) in [5.74, 6) is 1.26. The summed E-state index contributed by atoms with van der Waals surface area (Å²) in [5.41, 5.74) is 2.07. The molecule has 0 aromatic carbocycles. The average molecular weight is 423 g/mol. The van der Waals surface area contributed by atoms with E-state index >= 15 is 0 Å². The third-order valence-electron chi connectivity index (χ3n) is 6.28. The van der Waals surface area contributed by atoms with Crippen molar-refractivity contribution in [2.45, 2.75) is 18.6 Å². The van der Waals surface area contributed by atoms with Crippen LogP contribution >= 0.6 is 0 Å². The van der Waals surface area contributed by atoms with Crippen LogP contribution in [0, 0.1) is 5.41 Å². The van der Waals surface area contributed by atoms with Gasteiger partial charge in [-0.25, -0.2) is 19.3 Å². The Morgan fingerprint density at radius 2 is 2.13 bits per heavy atom. The molecule has 31 heavy (non-hydrogen) atoms. The van der Waals surface area contributed by atoms with Crippen molar-refractivity contribution in [1.82, 2.24) is 24.7 Å². The number of nitrogens with one attached hydrogen (secondary N) is 2. The predicted octanol–water partition coefficient (Wildman–Crippen LogP) is 1.27. The summed E-state index contributed by atoms with van der Waals surface area (Å²) < 4.78 is 21.2. The van der Waals surface area contributed by atoms with Crippen LogP contribution in [0.4, 0.5) is 16.0 Å². The molecule has 2 atom stereocenters. The summed E-state index contributed by atoms with van der Waals surface area (Å²) in [5, 5.41) is 6.20. The van der Waals surface area contributed by atoms with E-state index in [1.807, 2.05) is 28.8 Å². The molecule has 3 aliphatic rings. The van der Waals surface area contributed by atoms with Gasteiger partial charge in [-0.1, -0.05) is 6.07 Å². The van der Waals surface area contributed by atoms with E-state index in [1.165, 1.54) is 0 Å². The molecule has 6 heterocycles. The molecule has 9 nitrogen and oxygen atoms in total. The Hall–Kier alpha value is -3.11. The van der Waals surface area contributed by atoms with Gasteiger partial charge in [-0.05, 0) is 12.1 Å². The molecule has 3 aromatic heterocycles. The highest BCUT2D eigenvalue weighted by molar-refractivity contribution is 5.95. The van der Waals surface area contributed by atoms with Crippen LogP contribution in [-0.4, -0.2) is 70.3 Å². The van der Waals surface area contributed by atoms with Gasteiger partial charge in [-0.2, -0.15) is 0 Å². The Kier molecular flexibility index (Phi) is 4.19. The molecule has 6 rings (SSSR count). The maximum absolute atomic E-state index is 14.0. The molecule has 3 aromatic rings. The number of fused-ring (bicyclic) bond motifs is 1. The number of hydrogen-bond acceptors (Lipinski definition) is 7. The SMILES string of the molecule is O=C1CC2(COC2)CN1c1cn2c(-c3cccc(N[C@H]4CNC[C@@H]4F)n3)cnc2cn1. The number of halogens is 1. The number of aromatic nitrogens is 4. The monoisotopic (exact) mass is 423 g/mol. The first-order valence-electron chi connectivity index (χ1n) is 10.4. The molecule has 0 unspecified atom stereocenters. The summed E-state index contributed by atoms with van der Waals surface area (Å²) in [6.45, 7) is 2.77. The largest absolute Gasteiger partial charge is 0.380 e. The van der Waals surface area contributed by atoms with Crippen LogP contribution in [0.3, 0.4) is 0 Å². The summed E-state index contributed by atoms with van der Waals surface area (Å²) in [6, 6.07) is 5.29. The summed E-state index contributed by atoms with van der Waals surface area (Å²) in [4.78, 5) is 27.9. The standard InChI is InChI=1S/C21H22FN7O2/c22-13-5-23-6-15(13)27-17-3-1-2-14(26-17)16-7-24-18-8-25-19(9-28(16)18)29-10-21(4-20(29)30)11-31-12-21/h1-3,7-9,13,15,23H,4-6,10-12H2,(H,26,27)/t13-,15-/m0/s1. The number of hydrogen-bond donors (Lipinski definition) is 2. The molecular formula is C21H22FN7O2. The van der Waals surface area contributed by atoms with E-state index in [4.69, 9.17) is 4.74 Å². The summed E-state index contributed by atoms with van der Waals surface area (Å²) in [6.07, 6.45) is 4.76. The molecule has 0 radical (unpaired) electrons. The molecule has 3 fully saturated rings. The van der Waals surface area contributed by atoms with Crippen molar-refractivity contribution in [3.63, 3.8) is 0 Å². The van der Waals surface area contributed by atoms with Crippen LogP contribution in [0.1, 0.15) is 6.42 Å². The highest BCUT2D eigenvalue weighted by Crippen LogP contribution is 2.39. The molecule has 160 valence electrons. The number of carbonyl (C=O) groups excluding carboxylic acids is 1. The predicted molar refractivity (Wildman–Crippen MR) is 112 cm³/mol. The maximum Gasteiger partial charge on any atom is 0.229 e. The highest BCUT2D eigenvalue weighted by atomic mass is 19.1. The fraction of sp³-hybridized carbons (Fsp3) is 0.429. The van der Waals surface area contributed by atoms with Crippen LogP contribution in [0.5, 0.6) is 0 Å². The van der Waals surface area contributed by atoms with E-state index < -0.39 is 6.17 Å². The second kappa shape index (κ2) is 6.96. The lowest BCUT2D eigenvalue weighted by Gasteiger charge is -2.36. The Bertz CT molecular complexity index is 1160. The molecule has 1 amide bonds. The van der Waals surface area contributed by atoms with Gasteiger partial charge in [0.15, 0.2) is 11.5 Å². The lowest BCUT2D eigenvalue weighted by Crippen LogP contribution is -2.44. The number of nitrogens with zero attached hydrogens (tertiary/aromatic N) is 5. The molecule has 1 spiro atoms. The highest BCUT2D eigenvalue weighted by Gasteiger charge is 2.49. The fourth-order valence-electron chi connectivity index (χ4n) is 4.53. The number of pyridine rings is 1. The van der Waals surface area contributed by atoms with Crippen LogP contribution < -0.4 is 15.5 Å². The van der Waals surface area contributed by atoms with Gasteiger partial charge < -0.3 is 15.4 Å². The van der Waals surface area contributed by atoms with Crippen molar-refractivity contribution < 1.29 is 13.9 Å². The van der Waals surface area contributed by atoms with E-state index in [-0.39, 0.29) is 17.4 Å². The van der Waals surface area contributed by atoms with Crippen molar-refractivity contribution in [2.24, 2.45) is 5.41 Å². The molecule has 3 aliphatic heterocycles. The number of ether oxygens (including phenoxy) is 1. The van der Waals surface area contributed by atoms with E-state index in [1.54, 1.807) is 17.3 Å². The van der Waals surface area contributed by atoms with Crippen LogP contribution in [0.2, 0.25) is 0 Å². The van der Waals surface area contributed by atoms with E-state index in [2.05, 4.69) is 25.6 Å². The number of anilines is 2. The maximum atomic E-state index is 14.0. The van der Waals surface area contributed by atoms with Gasteiger partial charge in [0.2, 0.25) is 5.91 Å². The van der Waals surface area contributed by atoms with Crippen molar-refractivity contribution >= 4 is 23.2 Å². The minimum Gasteiger partial charge on any atom is -0.380 e. The first-order valence-corrected chi connectivity index (χ1v) is 10.4. The summed E-state index contributed by atoms with van der Waals surface area (Å²) in [7, 11) is 0. The van der Waals surface area contributed by atoms with Crippen molar-refractivity contribution in [2.75, 3.05) is 43.1 Å². The van der Waals surface area contributed by atoms with Gasteiger partial charge in [0, 0.05) is 31.5 Å². The number of imidazole rings is 1. The van der Waals surface area contributed by atoms with Crippen molar-refractivity contribution in [3.05, 3.63) is 36.8 Å². The van der Waals surface area contributed by atoms with Gasteiger partial charge in [0.05, 0.1) is 49.2 Å². The third kappa shape index (κ3) is 3.14. The minimum absolute atomic E-state index is 0.0621. The fourth-order valence-corrected chi connectivity index (χ4v) is 4.53. The molecule has 0 bridgehead atoms. The number of alkyl halides is 1. The van der Waals surface area contributed by atoms with Gasteiger partial charge in [0.1, 0.15) is 12.0 Å². The molecule has 2 N–H and O–H groups in total. The lowest BCUT2D eigenvalue weighted by atomic mass is 9.85. The van der Waals surface area contributed by atoms with Gasteiger partial charge in [0.25, 0.3) is 0 Å². The first-order chi connectivity index (χ1) is 15.1. The second-order valence-corrected chi connectivity index (χ2v) is 8.60. The normalized spacial score (nSPS) is 24.8. The molecule has 3 saturated heterocycles. The zero-order chi connectivity index (χ0) is 21.0. The lowest BCUT2D eigenvalue weighted by molar-refractivity contribution is -0.126. The second-order valence-electron chi connectivity index (χ2n) is 8.60. The third-order valence-corrected chi connectivity index (χ3v) is 6.28. The topological polar surface area (TPSA) is 96.7 Å². The Morgan fingerprint density at radius 1 is 1.23 bits per heavy atom. The van der Waals surface area contributed by atoms with Gasteiger partial charge >= 0.3 is 0 Å². The van der Waals surface area contributed by atoms with E-state index in [9.17, 15) is 9.18 Å². The Morgan fingerprint density at radius 3 is 2.87 bits per heavy atom. The van der Waals surface area contributed by atoms with E-state index in [0.717, 1.165) is 5.69 Å². The van der Waals surface area contributed by atoms with Crippen molar-refractivity contribution in [1.29, 1.82) is 0 Å². The van der Waals surface area contributed by atoms with Crippen molar-refractivity contribution in [3.8, 4) is 11.4 Å². The zero-order valence-electron chi connectivity index (χ0n) is 16.8. The van der Waals surface area contributed by atoms with Crippen LogP contribution in [0.25, 0.3) is 17.0 Å². The number of rotatable bonds is 4. The smallest absolute Gasteiger partial charge is 0.229 e. The van der Waals surface area contributed by atoms with Gasteiger partial charge in [-0.3, -0.25) is 14.1 Å². The Labute approximate surface area is 177 Å². The molecule has 0 aliphatic carbocycles.